The minimum atomic E-state index is 0.400. The van der Waals surface area contributed by atoms with Crippen LogP contribution in [0.4, 0.5) is 17.3 Å². The van der Waals surface area contributed by atoms with E-state index in [2.05, 4.69) is 53.0 Å². The quantitative estimate of drug-likeness (QED) is 0.381. The molecule has 1 aromatic heterocycles. The summed E-state index contributed by atoms with van der Waals surface area (Å²) in [6.07, 6.45) is 10.9. The molecule has 0 atom stereocenters. The molecule has 2 heterocycles. The maximum atomic E-state index is 6.06. The number of aryl methyl sites for hydroxylation is 1. The second kappa shape index (κ2) is 9.98. The molecule has 2 aromatic rings. The van der Waals surface area contributed by atoms with Crippen LogP contribution in [0, 0.1) is 0 Å². The van der Waals surface area contributed by atoms with E-state index in [4.69, 9.17) is 5.73 Å². The Morgan fingerprint density at radius 1 is 0.926 bits per heavy atom. The molecule has 0 fully saturated rings. The van der Waals surface area contributed by atoms with E-state index >= 15 is 0 Å². The number of nitrogen functional groups attached to an aromatic ring is 1. The molecule has 0 unspecified atom stereocenters. The standard InChI is InChI=1S/C22H32N4S/c1-3-5-7-9-13-17-20-21(25-22(23)24-17)27-19-15-11-10-14-18(19)26(20)16-12-8-6-4-2/h10-11,14-15H,3-9,12-13,16H2,1-2H3,(H2,23,24,25). The fourth-order valence-electron chi connectivity index (χ4n) is 3.65. The molecule has 0 saturated carbocycles. The van der Waals surface area contributed by atoms with Gasteiger partial charge in [0.2, 0.25) is 5.95 Å². The SMILES string of the molecule is CCCCCCc1nc(N)nc2c1N(CCCCCC)c1ccccc1S2. The largest absolute Gasteiger partial charge is 0.368 e. The van der Waals surface area contributed by atoms with Gasteiger partial charge >= 0.3 is 0 Å². The molecular formula is C22H32N4S. The van der Waals surface area contributed by atoms with Crippen LogP contribution in [0.15, 0.2) is 34.2 Å². The lowest BCUT2D eigenvalue weighted by Gasteiger charge is -2.33. The number of benzene rings is 1. The minimum Gasteiger partial charge on any atom is -0.368 e. The highest BCUT2D eigenvalue weighted by Crippen LogP contribution is 2.48. The van der Waals surface area contributed by atoms with Crippen LogP contribution in [0.3, 0.4) is 0 Å². The molecule has 27 heavy (non-hydrogen) atoms. The van der Waals surface area contributed by atoms with E-state index in [9.17, 15) is 0 Å². The summed E-state index contributed by atoms with van der Waals surface area (Å²) in [6, 6.07) is 8.63. The van der Waals surface area contributed by atoms with Gasteiger partial charge in [0.25, 0.3) is 0 Å². The molecule has 0 amide bonds. The molecule has 1 aromatic carbocycles. The predicted octanol–water partition coefficient (Wildman–Crippen LogP) is 6.36. The zero-order chi connectivity index (χ0) is 19.1. The summed E-state index contributed by atoms with van der Waals surface area (Å²) in [5, 5.41) is 1.02. The molecule has 146 valence electrons. The van der Waals surface area contributed by atoms with Crippen molar-refractivity contribution in [3.8, 4) is 0 Å². The van der Waals surface area contributed by atoms with Crippen molar-refractivity contribution >= 4 is 29.1 Å². The van der Waals surface area contributed by atoms with Crippen LogP contribution in [0.1, 0.15) is 70.9 Å². The Balaban J connectivity index is 1.90. The van der Waals surface area contributed by atoms with Crippen molar-refractivity contribution in [2.24, 2.45) is 0 Å². The maximum Gasteiger partial charge on any atom is 0.221 e. The maximum absolute atomic E-state index is 6.06. The Labute approximate surface area is 168 Å². The molecule has 1 aliphatic heterocycles. The summed E-state index contributed by atoms with van der Waals surface area (Å²) in [7, 11) is 0. The first-order valence-electron chi connectivity index (χ1n) is 10.4. The van der Waals surface area contributed by atoms with E-state index in [1.807, 2.05) is 0 Å². The normalized spacial score (nSPS) is 12.7. The van der Waals surface area contributed by atoms with Crippen LogP contribution in [0.5, 0.6) is 0 Å². The van der Waals surface area contributed by atoms with Crippen LogP contribution in [0.25, 0.3) is 0 Å². The third-order valence-corrected chi connectivity index (χ3v) is 6.12. The molecule has 0 radical (unpaired) electrons. The fraction of sp³-hybridized carbons (Fsp3) is 0.545. The Kier molecular flexibility index (Phi) is 7.39. The lowest BCUT2D eigenvalue weighted by Crippen LogP contribution is -2.25. The second-order valence-corrected chi connectivity index (χ2v) is 8.31. The van der Waals surface area contributed by atoms with Crippen LogP contribution in [0.2, 0.25) is 0 Å². The predicted molar refractivity (Wildman–Crippen MR) is 116 cm³/mol. The van der Waals surface area contributed by atoms with E-state index in [0.29, 0.717) is 5.95 Å². The zero-order valence-electron chi connectivity index (χ0n) is 16.7. The number of para-hydroxylation sites is 1. The van der Waals surface area contributed by atoms with Gasteiger partial charge in [-0.2, -0.15) is 0 Å². The summed E-state index contributed by atoms with van der Waals surface area (Å²) in [5.74, 6) is 0.400. The zero-order valence-corrected chi connectivity index (χ0v) is 17.5. The average molecular weight is 385 g/mol. The number of nitrogens with two attached hydrogens (primary N) is 1. The van der Waals surface area contributed by atoms with Crippen molar-refractivity contribution < 1.29 is 0 Å². The molecule has 3 rings (SSSR count). The smallest absolute Gasteiger partial charge is 0.221 e. The number of fused-ring (bicyclic) bond motifs is 2. The Morgan fingerprint density at radius 2 is 1.67 bits per heavy atom. The van der Waals surface area contributed by atoms with Gasteiger partial charge in [-0.3, -0.25) is 0 Å². The van der Waals surface area contributed by atoms with Crippen molar-refractivity contribution in [2.75, 3.05) is 17.2 Å². The summed E-state index contributed by atoms with van der Waals surface area (Å²) in [6.45, 7) is 5.52. The number of anilines is 3. The lowest BCUT2D eigenvalue weighted by atomic mass is 10.1. The molecule has 5 heteroatoms. The van der Waals surface area contributed by atoms with Gasteiger partial charge in [0.15, 0.2) is 0 Å². The van der Waals surface area contributed by atoms with Crippen molar-refractivity contribution in [3.05, 3.63) is 30.0 Å². The van der Waals surface area contributed by atoms with Crippen LogP contribution < -0.4 is 10.6 Å². The highest BCUT2D eigenvalue weighted by atomic mass is 32.2. The van der Waals surface area contributed by atoms with Crippen molar-refractivity contribution in [1.82, 2.24) is 9.97 Å². The van der Waals surface area contributed by atoms with Crippen LogP contribution >= 0.6 is 11.8 Å². The summed E-state index contributed by atoms with van der Waals surface area (Å²) in [4.78, 5) is 13.0. The first-order chi connectivity index (χ1) is 13.2. The van der Waals surface area contributed by atoms with Gasteiger partial charge in [-0.25, -0.2) is 9.97 Å². The Hall–Kier alpha value is -1.75. The fourth-order valence-corrected chi connectivity index (χ4v) is 4.75. The summed E-state index contributed by atoms with van der Waals surface area (Å²) in [5.41, 5.74) is 9.66. The number of aromatic nitrogens is 2. The number of nitrogens with zero attached hydrogens (tertiary/aromatic N) is 3. The third-order valence-electron chi connectivity index (χ3n) is 5.08. The van der Waals surface area contributed by atoms with E-state index in [1.165, 1.54) is 61.2 Å². The molecule has 0 saturated heterocycles. The van der Waals surface area contributed by atoms with Crippen LogP contribution in [-0.4, -0.2) is 16.5 Å². The van der Waals surface area contributed by atoms with Gasteiger partial charge < -0.3 is 10.6 Å². The highest BCUT2D eigenvalue weighted by Gasteiger charge is 2.27. The van der Waals surface area contributed by atoms with Gasteiger partial charge in [-0.1, -0.05) is 76.3 Å². The van der Waals surface area contributed by atoms with Gasteiger partial charge in [0.05, 0.1) is 17.1 Å². The van der Waals surface area contributed by atoms with E-state index < -0.39 is 0 Å². The number of hydrogen-bond donors (Lipinski definition) is 1. The number of rotatable bonds is 10. The third kappa shape index (κ3) is 4.95. The number of hydrogen-bond acceptors (Lipinski definition) is 5. The van der Waals surface area contributed by atoms with E-state index in [0.717, 1.165) is 30.1 Å². The number of unbranched alkanes of at least 4 members (excludes halogenated alkanes) is 6. The molecule has 1 aliphatic rings. The second-order valence-electron chi connectivity index (χ2n) is 7.28. The topological polar surface area (TPSA) is 55.0 Å². The molecule has 0 aliphatic carbocycles. The van der Waals surface area contributed by atoms with E-state index in [1.54, 1.807) is 11.8 Å². The molecule has 0 bridgehead atoms. The monoisotopic (exact) mass is 384 g/mol. The van der Waals surface area contributed by atoms with Gasteiger partial charge in [0, 0.05) is 11.4 Å². The first-order valence-corrected chi connectivity index (χ1v) is 11.3. The highest BCUT2D eigenvalue weighted by molar-refractivity contribution is 7.99. The van der Waals surface area contributed by atoms with Gasteiger partial charge in [-0.05, 0) is 31.4 Å². The molecule has 2 N–H and O–H groups in total. The van der Waals surface area contributed by atoms with Crippen molar-refractivity contribution in [2.45, 2.75) is 81.6 Å². The molecule has 4 nitrogen and oxygen atoms in total. The summed E-state index contributed by atoms with van der Waals surface area (Å²) < 4.78 is 0. The molecule has 0 spiro atoms. The van der Waals surface area contributed by atoms with Crippen molar-refractivity contribution in [1.29, 1.82) is 0 Å². The van der Waals surface area contributed by atoms with Crippen LogP contribution in [-0.2, 0) is 6.42 Å². The Bertz CT molecular complexity index is 747. The van der Waals surface area contributed by atoms with Gasteiger partial charge in [0.1, 0.15) is 5.03 Å². The lowest BCUT2D eigenvalue weighted by molar-refractivity contribution is 0.649. The average Bonchev–Trinajstić information content (AvgIpc) is 2.67. The van der Waals surface area contributed by atoms with E-state index in [-0.39, 0.29) is 0 Å². The summed E-state index contributed by atoms with van der Waals surface area (Å²) >= 11 is 1.73. The minimum absolute atomic E-state index is 0.400. The first kappa shape index (κ1) is 20.0. The Morgan fingerprint density at radius 3 is 2.44 bits per heavy atom. The van der Waals surface area contributed by atoms with Crippen molar-refractivity contribution in [3.63, 3.8) is 0 Å². The molecular weight excluding hydrogens is 352 g/mol. The van der Waals surface area contributed by atoms with Gasteiger partial charge in [-0.15, -0.1) is 0 Å².